The summed E-state index contributed by atoms with van der Waals surface area (Å²) in [5.74, 6) is -0.0213. The Morgan fingerprint density at radius 1 is 1.00 bits per heavy atom. The van der Waals surface area contributed by atoms with Gasteiger partial charge in [0.1, 0.15) is 10.6 Å². The minimum Gasteiger partial charge on any atom is -0.495 e. The summed E-state index contributed by atoms with van der Waals surface area (Å²) < 4.78 is 33.2. The standard InChI is InChI=1S/C22H28N2O4S/c1-16-8-10-19(14-17(16)2)23(3)22(25)18-9-11-20(28-4)21(15-18)29(26,27)24-12-6-5-7-13-24/h8-11,14-15H,5-7,12-13H2,1-4H3. The summed E-state index contributed by atoms with van der Waals surface area (Å²) in [6, 6.07) is 10.4. The number of hydrogen-bond acceptors (Lipinski definition) is 4. The van der Waals surface area contributed by atoms with E-state index in [1.54, 1.807) is 19.2 Å². The number of sulfonamides is 1. The molecule has 1 saturated heterocycles. The molecule has 1 amide bonds. The van der Waals surface area contributed by atoms with E-state index in [9.17, 15) is 13.2 Å². The molecule has 156 valence electrons. The molecule has 2 aromatic rings. The van der Waals surface area contributed by atoms with Crippen LogP contribution in [0.4, 0.5) is 5.69 Å². The van der Waals surface area contributed by atoms with Crippen molar-refractivity contribution in [2.75, 3.05) is 32.1 Å². The number of carbonyl (C=O) groups is 1. The van der Waals surface area contributed by atoms with Gasteiger partial charge in [-0.3, -0.25) is 4.79 Å². The fraction of sp³-hybridized carbons (Fsp3) is 0.409. The van der Waals surface area contributed by atoms with Crippen molar-refractivity contribution < 1.29 is 17.9 Å². The highest BCUT2D eigenvalue weighted by Gasteiger charge is 2.30. The van der Waals surface area contributed by atoms with Crippen LogP contribution >= 0.6 is 0 Å². The predicted octanol–water partition coefficient (Wildman–Crippen LogP) is 3.76. The summed E-state index contributed by atoms with van der Waals surface area (Å²) in [7, 11) is -0.598. The lowest BCUT2D eigenvalue weighted by Crippen LogP contribution is -2.36. The van der Waals surface area contributed by atoms with Crippen LogP contribution in [0.5, 0.6) is 5.75 Å². The summed E-state index contributed by atoms with van der Waals surface area (Å²) in [4.78, 5) is 14.6. The van der Waals surface area contributed by atoms with Gasteiger partial charge in [0.15, 0.2) is 0 Å². The van der Waals surface area contributed by atoms with Gasteiger partial charge in [-0.25, -0.2) is 8.42 Å². The maximum Gasteiger partial charge on any atom is 0.258 e. The Hall–Kier alpha value is -2.38. The van der Waals surface area contributed by atoms with Crippen molar-refractivity contribution >= 4 is 21.6 Å². The molecule has 0 spiro atoms. The van der Waals surface area contributed by atoms with E-state index in [1.807, 2.05) is 32.0 Å². The number of methoxy groups -OCH3 is 1. The first-order chi connectivity index (χ1) is 13.8. The first-order valence-corrected chi connectivity index (χ1v) is 11.2. The number of aryl methyl sites for hydroxylation is 2. The molecule has 29 heavy (non-hydrogen) atoms. The number of anilines is 1. The van der Waals surface area contributed by atoms with Gasteiger partial charge in [-0.15, -0.1) is 0 Å². The van der Waals surface area contributed by atoms with E-state index in [4.69, 9.17) is 4.74 Å². The molecular weight excluding hydrogens is 388 g/mol. The Balaban J connectivity index is 1.97. The van der Waals surface area contributed by atoms with Crippen LogP contribution in [0.25, 0.3) is 0 Å². The molecule has 1 aliphatic heterocycles. The zero-order chi connectivity index (χ0) is 21.2. The highest BCUT2D eigenvalue weighted by molar-refractivity contribution is 7.89. The number of carbonyl (C=O) groups excluding carboxylic acids is 1. The quantitative estimate of drug-likeness (QED) is 0.744. The Morgan fingerprint density at radius 2 is 1.69 bits per heavy atom. The third kappa shape index (κ3) is 4.31. The molecule has 0 N–H and O–H groups in total. The highest BCUT2D eigenvalue weighted by Crippen LogP contribution is 2.30. The van der Waals surface area contributed by atoms with Gasteiger partial charge in [0.05, 0.1) is 7.11 Å². The number of nitrogens with zero attached hydrogens (tertiary/aromatic N) is 2. The van der Waals surface area contributed by atoms with Gasteiger partial charge >= 0.3 is 0 Å². The first kappa shape index (κ1) is 21.3. The smallest absolute Gasteiger partial charge is 0.258 e. The average Bonchev–Trinajstić information content (AvgIpc) is 2.74. The molecule has 0 aromatic heterocycles. The minimum atomic E-state index is -3.73. The second-order valence-corrected chi connectivity index (χ2v) is 9.37. The van der Waals surface area contributed by atoms with Gasteiger partial charge in [0.25, 0.3) is 5.91 Å². The molecule has 0 aliphatic carbocycles. The maximum absolute atomic E-state index is 13.2. The molecular formula is C22H28N2O4S. The van der Waals surface area contributed by atoms with Crippen LogP contribution in [-0.2, 0) is 10.0 Å². The van der Waals surface area contributed by atoms with Crippen molar-refractivity contribution in [2.45, 2.75) is 38.0 Å². The molecule has 1 heterocycles. The van der Waals surface area contributed by atoms with Crippen molar-refractivity contribution in [1.29, 1.82) is 0 Å². The Morgan fingerprint density at radius 3 is 2.31 bits per heavy atom. The number of hydrogen-bond donors (Lipinski definition) is 0. The zero-order valence-electron chi connectivity index (χ0n) is 17.4. The van der Waals surface area contributed by atoms with Crippen molar-refractivity contribution in [3.63, 3.8) is 0 Å². The minimum absolute atomic E-state index is 0.0428. The maximum atomic E-state index is 13.2. The summed E-state index contributed by atoms with van der Waals surface area (Å²) in [5, 5.41) is 0. The van der Waals surface area contributed by atoms with Crippen LogP contribution < -0.4 is 9.64 Å². The van der Waals surface area contributed by atoms with Crippen LogP contribution in [0, 0.1) is 13.8 Å². The van der Waals surface area contributed by atoms with E-state index in [0.29, 0.717) is 18.7 Å². The largest absolute Gasteiger partial charge is 0.495 e. The third-order valence-corrected chi connectivity index (χ3v) is 7.45. The molecule has 0 bridgehead atoms. The van der Waals surface area contributed by atoms with Crippen molar-refractivity contribution in [3.8, 4) is 5.75 Å². The lowest BCUT2D eigenvalue weighted by atomic mass is 10.1. The topological polar surface area (TPSA) is 66.9 Å². The monoisotopic (exact) mass is 416 g/mol. The second-order valence-electron chi connectivity index (χ2n) is 7.46. The van der Waals surface area contributed by atoms with Crippen LogP contribution in [0.3, 0.4) is 0 Å². The Labute approximate surface area is 173 Å². The fourth-order valence-corrected chi connectivity index (χ4v) is 5.20. The second kappa shape index (κ2) is 8.55. The van der Waals surface area contributed by atoms with Crippen molar-refractivity contribution in [1.82, 2.24) is 4.31 Å². The molecule has 1 aliphatic rings. The van der Waals surface area contributed by atoms with Gasteiger partial charge in [-0.1, -0.05) is 12.5 Å². The number of amides is 1. The third-order valence-electron chi connectivity index (χ3n) is 5.53. The fourth-order valence-electron chi connectivity index (χ4n) is 3.50. The molecule has 0 atom stereocenters. The van der Waals surface area contributed by atoms with E-state index in [2.05, 4.69) is 0 Å². The number of benzene rings is 2. The predicted molar refractivity (Wildman–Crippen MR) is 114 cm³/mol. The van der Waals surface area contributed by atoms with Gasteiger partial charge in [0, 0.05) is 31.4 Å². The number of piperidine rings is 1. The summed E-state index contributed by atoms with van der Waals surface area (Å²) >= 11 is 0. The van der Waals surface area contributed by atoms with Crippen LogP contribution in [0.15, 0.2) is 41.3 Å². The molecule has 3 rings (SSSR count). The van der Waals surface area contributed by atoms with E-state index in [-0.39, 0.29) is 16.6 Å². The van der Waals surface area contributed by atoms with Gasteiger partial charge < -0.3 is 9.64 Å². The highest BCUT2D eigenvalue weighted by atomic mass is 32.2. The Bertz CT molecular complexity index is 1010. The van der Waals surface area contributed by atoms with E-state index in [0.717, 1.165) is 36.1 Å². The Kier molecular flexibility index (Phi) is 6.29. The van der Waals surface area contributed by atoms with E-state index >= 15 is 0 Å². The lowest BCUT2D eigenvalue weighted by Gasteiger charge is -2.27. The van der Waals surface area contributed by atoms with Crippen LogP contribution in [-0.4, -0.2) is 45.9 Å². The van der Waals surface area contributed by atoms with Crippen LogP contribution in [0.2, 0.25) is 0 Å². The van der Waals surface area contributed by atoms with E-state index < -0.39 is 10.0 Å². The van der Waals surface area contributed by atoms with Crippen molar-refractivity contribution in [3.05, 3.63) is 53.1 Å². The molecule has 1 fully saturated rings. The van der Waals surface area contributed by atoms with Crippen LogP contribution in [0.1, 0.15) is 40.7 Å². The molecule has 0 radical (unpaired) electrons. The average molecular weight is 417 g/mol. The van der Waals surface area contributed by atoms with Gasteiger partial charge in [0.2, 0.25) is 10.0 Å². The van der Waals surface area contributed by atoms with Gasteiger partial charge in [-0.2, -0.15) is 4.31 Å². The molecule has 2 aromatic carbocycles. The van der Waals surface area contributed by atoms with E-state index in [1.165, 1.54) is 22.4 Å². The summed E-state index contributed by atoms with van der Waals surface area (Å²) in [5.41, 5.74) is 3.30. The summed E-state index contributed by atoms with van der Waals surface area (Å²) in [6.07, 6.45) is 2.72. The number of ether oxygens (including phenoxy) is 1. The lowest BCUT2D eigenvalue weighted by molar-refractivity contribution is 0.0992. The van der Waals surface area contributed by atoms with Crippen molar-refractivity contribution in [2.24, 2.45) is 0 Å². The molecule has 0 unspecified atom stereocenters. The molecule has 6 nitrogen and oxygen atoms in total. The zero-order valence-corrected chi connectivity index (χ0v) is 18.3. The number of rotatable bonds is 5. The van der Waals surface area contributed by atoms with Gasteiger partial charge in [-0.05, 0) is 68.1 Å². The molecule has 0 saturated carbocycles. The SMILES string of the molecule is COc1ccc(C(=O)N(C)c2ccc(C)c(C)c2)cc1S(=O)(=O)N1CCCCC1. The first-order valence-electron chi connectivity index (χ1n) is 9.79. The normalized spacial score (nSPS) is 15.2. The molecule has 7 heteroatoms. The summed E-state index contributed by atoms with van der Waals surface area (Å²) in [6.45, 7) is 4.99.